The van der Waals surface area contributed by atoms with Crippen molar-refractivity contribution >= 4 is 118 Å². The van der Waals surface area contributed by atoms with E-state index in [0.717, 1.165) is 113 Å². The Kier molecular flexibility index (Phi) is 32.0. The number of hydrogen-bond donors (Lipinski definition) is 3. The van der Waals surface area contributed by atoms with Gasteiger partial charge in [-0.15, -0.1) is 11.6 Å². The van der Waals surface area contributed by atoms with Gasteiger partial charge in [0.25, 0.3) is 0 Å². The molecule has 0 bridgehead atoms. The van der Waals surface area contributed by atoms with Gasteiger partial charge in [0.2, 0.25) is 22.1 Å². The zero-order valence-corrected chi connectivity index (χ0v) is 64.8. The molecule has 13 rings (SSSR count). The molecule has 5 heterocycles. The molecule has 12 aromatic rings. The molecule has 542 valence electrons. The van der Waals surface area contributed by atoms with E-state index in [1.165, 1.54) is 21.9 Å². The van der Waals surface area contributed by atoms with Crippen molar-refractivity contribution in [1.82, 2.24) is 0 Å². The van der Waals surface area contributed by atoms with E-state index in [-0.39, 0.29) is 51.8 Å². The van der Waals surface area contributed by atoms with Crippen LogP contribution in [0.4, 0.5) is 0 Å². The number of ether oxygens (including phenoxy) is 3. The minimum atomic E-state index is -1.58. The van der Waals surface area contributed by atoms with Gasteiger partial charge in [0.1, 0.15) is 0 Å². The summed E-state index contributed by atoms with van der Waals surface area (Å²) in [5.74, 6) is 0.581. The van der Waals surface area contributed by atoms with Crippen LogP contribution in [-0.2, 0) is 94.0 Å². The molecule has 0 atom stereocenters. The van der Waals surface area contributed by atoms with Crippen molar-refractivity contribution in [2.45, 2.75) is 71.1 Å². The molecule has 0 spiro atoms. The van der Waals surface area contributed by atoms with Gasteiger partial charge in [-0.3, -0.25) is 0 Å². The Morgan fingerprint density at radius 2 is 0.813 bits per heavy atom. The van der Waals surface area contributed by atoms with Crippen molar-refractivity contribution in [3.05, 3.63) is 300 Å². The first-order chi connectivity index (χ1) is 52.0. The molecular formula is C85H94B4ClN4NaO12+4. The Balaban J connectivity index is 0.000000218. The third-order valence-corrected chi connectivity index (χ3v) is 18.8. The fourth-order valence-electron chi connectivity index (χ4n) is 13.4. The van der Waals surface area contributed by atoms with Crippen molar-refractivity contribution in [2.75, 3.05) is 68.1 Å². The van der Waals surface area contributed by atoms with E-state index in [2.05, 4.69) is 178 Å². The second-order valence-electron chi connectivity index (χ2n) is 26.1. The Hall–Kier alpha value is -8.05. The van der Waals surface area contributed by atoms with Gasteiger partial charge in [0, 0.05) is 145 Å². The van der Waals surface area contributed by atoms with Gasteiger partial charge < -0.3 is 58.7 Å². The summed E-state index contributed by atoms with van der Waals surface area (Å²) < 4.78 is 60.5. The number of benzene rings is 8. The Morgan fingerprint density at radius 1 is 0.439 bits per heavy atom. The number of nitrogens with zero attached hydrogens (tertiary/aromatic N) is 4. The molecule has 4 aromatic heterocycles. The van der Waals surface area contributed by atoms with E-state index < -0.39 is 14.2 Å². The molecule has 1 saturated heterocycles. The summed E-state index contributed by atoms with van der Waals surface area (Å²) in [6.07, 6.45) is 14.4. The fraction of sp³-hybridized carbons (Fsp3) is 0.247. The van der Waals surface area contributed by atoms with Crippen LogP contribution in [0.25, 0.3) is 55.8 Å². The van der Waals surface area contributed by atoms with Crippen molar-refractivity contribution in [1.29, 1.82) is 0 Å². The topological polar surface area (TPSA) is 159 Å². The predicted molar refractivity (Wildman–Crippen MR) is 425 cm³/mol. The molecule has 22 heteroatoms. The molecular weight excluding hydrogens is 1370 g/mol. The van der Waals surface area contributed by atoms with Crippen LogP contribution in [-0.4, -0.2) is 112 Å². The first-order valence-corrected chi connectivity index (χ1v) is 36.5. The normalized spacial score (nSPS) is 11.9. The molecule has 16 nitrogen and oxygen atoms in total. The fourth-order valence-corrected chi connectivity index (χ4v) is 13.5. The molecule has 1 aliphatic rings. The van der Waals surface area contributed by atoms with Crippen LogP contribution in [0.5, 0.6) is 0 Å². The number of aliphatic hydroxyl groups is 1. The summed E-state index contributed by atoms with van der Waals surface area (Å²) in [7, 11) is 3.85. The number of rotatable bonds is 32. The summed E-state index contributed by atoms with van der Waals surface area (Å²) in [5, 5.41) is 34.0. The summed E-state index contributed by atoms with van der Waals surface area (Å²) >= 11 is 5.60. The van der Waals surface area contributed by atoms with Crippen molar-refractivity contribution < 1.29 is 107 Å². The number of aromatic nitrogens is 4. The molecule has 107 heavy (non-hydrogen) atoms. The van der Waals surface area contributed by atoms with E-state index in [9.17, 15) is 10.0 Å². The monoisotopic (exact) mass is 1460 g/mol. The average Bonchev–Trinajstić information content (AvgIpc) is 0.771. The number of pyridine rings is 4. The third-order valence-electron chi connectivity index (χ3n) is 18.5. The van der Waals surface area contributed by atoms with Crippen LogP contribution in [0.2, 0.25) is 0 Å². The van der Waals surface area contributed by atoms with Crippen LogP contribution in [0.1, 0.15) is 76.3 Å². The quantitative estimate of drug-likeness (QED) is 0.0131. The van der Waals surface area contributed by atoms with Crippen molar-refractivity contribution in [3.8, 4) is 0 Å². The second-order valence-corrected chi connectivity index (χ2v) is 26.4. The molecule has 1 fully saturated rings. The minimum Gasteiger partial charge on any atom is -1.00 e. The van der Waals surface area contributed by atoms with Crippen LogP contribution < -0.4 is 69.7 Å². The first-order valence-electron chi connectivity index (χ1n) is 35.9. The van der Waals surface area contributed by atoms with Crippen LogP contribution in [0.3, 0.4) is 0 Å². The molecule has 3 N–H and O–H groups in total. The zero-order chi connectivity index (χ0) is 74.0. The Labute approximate surface area is 658 Å². The van der Waals surface area contributed by atoms with Gasteiger partial charge in [-0.2, -0.15) is 18.3 Å². The van der Waals surface area contributed by atoms with Crippen LogP contribution in [0, 0.1) is 0 Å². The number of hydrogen-bond acceptors (Lipinski definition) is 12. The molecule has 0 saturated carbocycles. The maximum absolute atomic E-state index is 10.1. The number of alkyl halides is 1. The maximum atomic E-state index is 10.1. The summed E-state index contributed by atoms with van der Waals surface area (Å²) in [6, 6.07) is 70.8. The average molecular weight is 1470 g/mol. The van der Waals surface area contributed by atoms with Gasteiger partial charge >= 0.3 is 58.0 Å². The van der Waals surface area contributed by atoms with E-state index in [1.54, 1.807) is 34.5 Å². The summed E-state index contributed by atoms with van der Waals surface area (Å²) in [4.78, 5) is 0. The van der Waals surface area contributed by atoms with Gasteiger partial charge in [0.05, 0.1) is 41.4 Å². The molecule has 1 aliphatic heterocycles. The van der Waals surface area contributed by atoms with E-state index in [4.69, 9.17) is 58.8 Å². The largest absolute Gasteiger partial charge is 1.00 e. The molecule has 0 unspecified atom stereocenters. The predicted octanol–water partition coefficient (Wildman–Crippen LogP) is 6.97. The smallest absolute Gasteiger partial charge is 1.00 e. The minimum absolute atomic E-state index is 0. The maximum Gasteiger partial charge on any atom is 1.00 e. The molecule has 0 radical (unpaired) electrons. The second kappa shape index (κ2) is 42.1. The van der Waals surface area contributed by atoms with Crippen molar-refractivity contribution in [2.24, 2.45) is 0 Å². The zero-order valence-electron chi connectivity index (χ0n) is 63.0. The number of fused-ring (bicyclic) bond motifs is 6. The van der Waals surface area contributed by atoms with E-state index >= 15 is 0 Å². The Bertz CT molecular complexity index is 4870. The summed E-state index contributed by atoms with van der Waals surface area (Å²) in [6.45, 7) is 14.6. The van der Waals surface area contributed by atoms with E-state index in [0.29, 0.717) is 90.3 Å². The van der Waals surface area contributed by atoms with Crippen LogP contribution in [0.15, 0.2) is 244 Å². The van der Waals surface area contributed by atoms with Gasteiger partial charge in [-0.1, -0.05) is 147 Å². The molecule has 0 aliphatic carbocycles. The van der Waals surface area contributed by atoms with Gasteiger partial charge in [-0.25, -0.2) is 0 Å². The Morgan fingerprint density at radius 3 is 1.22 bits per heavy atom. The standard InChI is InChI=1S/C41H44B2N2O6.C35H40B2N2O6.C9H9Cl.Na.H/c1-4-31-13-15-32(16-14-31)29-50-21-8-22-51-30-35-23-34(25-37(26-35)42(46)47)28-45-20-7-12-39-38-11-6-19-44(40(38)17-18-41(39)45)27-33-9-5-10-36(24-33)43(48-2)49-3;1-41-36(42-2)30-9-3-8-27(21-30)24-38-14-4-10-32-33-11-5-15-39(35(33)13-12-34(32)38)25-28-20-29(26-43-17-6-16-40)23-31(22-28)37-44-18-7-19-45-37;1-2-8-3-5-9(7-10)6-4-8;;/h4-7,9-20,23-26,46-47H,1,8,21-22,27-30H2,2-3H3;3-5,8-15,20-23,40H,6-7,16-19,24-26H2,1-2H3;2-6H,1,7H2;;/q2*+2;;+1;-1. The van der Waals surface area contributed by atoms with E-state index in [1.807, 2.05) is 91.0 Å². The summed E-state index contributed by atoms with van der Waals surface area (Å²) in [5.41, 5.74) is 18.8. The van der Waals surface area contributed by atoms with Crippen molar-refractivity contribution in [3.63, 3.8) is 0 Å². The number of aliphatic hydroxyl groups excluding tert-OH is 1. The molecule has 0 amide bonds. The number of halogens is 1. The van der Waals surface area contributed by atoms with Gasteiger partial charge in [-0.05, 0) is 111 Å². The van der Waals surface area contributed by atoms with Crippen LogP contribution >= 0.6 is 11.6 Å². The SMILES string of the molecule is C=Cc1ccc(CCl)cc1.C=Cc1ccc(COCCCOCc2cc(C[n+]3cccc4c5ccc[n+](Cc6cccc(B(OC)OC)c6)c5ccc43)cc(B(O)O)c2)cc1.COB(OC)c1cccc(C[n+]2cccc3c4ccc[n+](Cc5cc(COCCCO)cc(B6OCCCO6)c5)c4ccc32)c1.[H-].[Na+]. The third kappa shape index (κ3) is 22.6. The van der Waals surface area contributed by atoms with Gasteiger partial charge in [0.15, 0.2) is 51.0 Å². The first kappa shape index (κ1) is 81.5. The molecule has 8 aromatic carbocycles.